The van der Waals surface area contributed by atoms with Crippen molar-refractivity contribution in [3.05, 3.63) is 120 Å². The molecule has 0 atom stereocenters. The Morgan fingerprint density at radius 3 is 1.47 bits per heavy atom. The standard InChI is InChI=1S/C37H38S/c1-19-21(3)27(9)35-33(23(19)5)25(7)26(8)34-24(6)20(2)22(4)28(10)36(34)37(35)15-16-38-32-18-30-14-12-11-13-29(30)17-31(32)37/h11-18H,1-10H3. The minimum atomic E-state index is -0.366. The van der Waals surface area contributed by atoms with Gasteiger partial charge in [-0.15, -0.1) is 0 Å². The molecule has 1 spiro atoms. The molecule has 1 heteroatoms. The van der Waals surface area contributed by atoms with Gasteiger partial charge in [0.1, 0.15) is 0 Å². The van der Waals surface area contributed by atoms with Gasteiger partial charge in [0.15, 0.2) is 0 Å². The Labute approximate surface area is 232 Å². The van der Waals surface area contributed by atoms with Gasteiger partial charge in [0, 0.05) is 4.90 Å². The second-order valence-electron chi connectivity index (χ2n) is 11.7. The first-order valence-corrected chi connectivity index (χ1v) is 14.7. The highest BCUT2D eigenvalue weighted by molar-refractivity contribution is 8.02. The third-order valence-electron chi connectivity index (χ3n) is 10.3. The highest BCUT2D eigenvalue weighted by Gasteiger charge is 2.46. The van der Waals surface area contributed by atoms with Crippen molar-refractivity contribution >= 4 is 33.7 Å². The summed E-state index contributed by atoms with van der Waals surface area (Å²) in [6.07, 6.45) is 2.54. The highest BCUT2D eigenvalue weighted by atomic mass is 32.2. The molecule has 1 aliphatic carbocycles. The fraction of sp³-hybridized carbons (Fsp3) is 0.297. The van der Waals surface area contributed by atoms with Crippen LogP contribution >= 0.6 is 11.8 Å². The molecule has 0 nitrogen and oxygen atoms in total. The Morgan fingerprint density at radius 2 is 0.974 bits per heavy atom. The number of thioether (sulfide) groups is 1. The average Bonchev–Trinajstić information content (AvgIpc) is 2.99. The van der Waals surface area contributed by atoms with Crippen LogP contribution in [0.25, 0.3) is 21.9 Å². The van der Waals surface area contributed by atoms with E-state index in [9.17, 15) is 0 Å². The highest BCUT2D eigenvalue weighted by Crippen LogP contribution is 2.58. The van der Waals surface area contributed by atoms with E-state index in [1.807, 2.05) is 11.8 Å². The first-order chi connectivity index (χ1) is 18.0. The summed E-state index contributed by atoms with van der Waals surface area (Å²) in [5.74, 6) is 0. The smallest absolute Gasteiger partial charge is 0.0668 e. The van der Waals surface area contributed by atoms with Crippen molar-refractivity contribution in [2.75, 3.05) is 0 Å². The lowest BCUT2D eigenvalue weighted by Gasteiger charge is -2.42. The van der Waals surface area contributed by atoms with Crippen LogP contribution in [-0.2, 0) is 5.41 Å². The summed E-state index contributed by atoms with van der Waals surface area (Å²) in [5.41, 5.74) is 21.1. The van der Waals surface area contributed by atoms with Gasteiger partial charge in [-0.3, -0.25) is 0 Å². The fourth-order valence-electron chi connectivity index (χ4n) is 7.41. The molecule has 0 saturated carbocycles. The second-order valence-corrected chi connectivity index (χ2v) is 12.6. The van der Waals surface area contributed by atoms with Crippen LogP contribution < -0.4 is 0 Å². The lowest BCUT2D eigenvalue weighted by Crippen LogP contribution is -2.34. The summed E-state index contributed by atoms with van der Waals surface area (Å²) in [5, 5.41) is 4.99. The molecule has 1 heterocycles. The van der Waals surface area contributed by atoms with E-state index in [-0.39, 0.29) is 5.41 Å². The van der Waals surface area contributed by atoms with Gasteiger partial charge in [-0.2, -0.15) is 0 Å². The minimum Gasteiger partial charge on any atom is -0.0980 e. The quantitative estimate of drug-likeness (QED) is 0.225. The molecule has 0 amide bonds. The van der Waals surface area contributed by atoms with Gasteiger partial charge in [0.2, 0.25) is 0 Å². The Morgan fingerprint density at radius 1 is 0.526 bits per heavy atom. The lowest BCUT2D eigenvalue weighted by molar-refractivity contribution is 0.735. The van der Waals surface area contributed by atoms with Crippen molar-refractivity contribution in [1.82, 2.24) is 0 Å². The first-order valence-electron chi connectivity index (χ1n) is 13.8. The Hall–Kier alpha value is -3.03. The summed E-state index contributed by atoms with van der Waals surface area (Å²) in [6.45, 7) is 23.4. The van der Waals surface area contributed by atoms with Crippen LogP contribution in [0.15, 0.2) is 52.8 Å². The van der Waals surface area contributed by atoms with Crippen LogP contribution in [0, 0.1) is 55.4 Å². The monoisotopic (exact) mass is 514 g/mol. The van der Waals surface area contributed by atoms with Crippen LogP contribution in [0.3, 0.4) is 0 Å². The van der Waals surface area contributed by atoms with Crippen LogP contribution in [0.5, 0.6) is 0 Å². The molecule has 0 radical (unpaired) electrons. The molecule has 4 aromatic carbocycles. The van der Waals surface area contributed by atoms with Crippen LogP contribution in [0.4, 0.5) is 0 Å². The van der Waals surface area contributed by atoms with Crippen molar-refractivity contribution < 1.29 is 0 Å². The molecular formula is C37H38S. The van der Waals surface area contributed by atoms with Crippen molar-refractivity contribution in [2.45, 2.75) is 79.5 Å². The van der Waals surface area contributed by atoms with E-state index >= 15 is 0 Å². The van der Waals surface area contributed by atoms with Crippen molar-refractivity contribution in [3.63, 3.8) is 0 Å². The van der Waals surface area contributed by atoms with E-state index in [4.69, 9.17) is 0 Å². The van der Waals surface area contributed by atoms with Crippen LogP contribution in [-0.4, -0.2) is 0 Å². The van der Waals surface area contributed by atoms with Crippen molar-refractivity contribution in [2.24, 2.45) is 0 Å². The third-order valence-corrected chi connectivity index (χ3v) is 11.1. The van der Waals surface area contributed by atoms with E-state index in [1.165, 1.54) is 99.1 Å². The van der Waals surface area contributed by atoms with Gasteiger partial charge in [0.25, 0.3) is 0 Å². The van der Waals surface area contributed by atoms with Gasteiger partial charge in [-0.05, 0) is 181 Å². The topological polar surface area (TPSA) is 0 Å². The largest absolute Gasteiger partial charge is 0.0980 e. The maximum Gasteiger partial charge on any atom is 0.0668 e. The molecule has 0 aromatic heterocycles. The molecule has 192 valence electrons. The van der Waals surface area contributed by atoms with Gasteiger partial charge in [-0.25, -0.2) is 0 Å². The minimum absolute atomic E-state index is 0.366. The van der Waals surface area contributed by atoms with E-state index in [0.717, 1.165) is 0 Å². The summed E-state index contributed by atoms with van der Waals surface area (Å²) in [4.78, 5) is 1.37. The number of benzene rings is 4. The zero-order chi connectivity index (χ0) is 27.3. The number of fused-ring (bicyclic) bond motifs is 7. The van der Waals surface area contributed by atoms with Crippen molar-refractivity contribution in [1.29, 1.82) is 0 Å². The number of hydrogen-bond donors (Lipinski definition) is 0. The van der Waals surface area contributed by atoms with Gasteiger partial charge >= 0.3 is 0 Å². The molecule has 0 saturated heterocycles. The Kier molecular flexibility index (Phi) is 5.64. The molecule has 0 fully saturated rings. The maximum absolute atomic E-state index is 2.54. The van der Waals surface area contributed by atoms with Gasteiger partial charge in [0.05, 0.1) is 5.41 Å². The maximum atomic E-state index is 2.54. The molecule has 0 N–H and O–H groups in total. The molecule has 1 aliphatic heterocycles. The van der Waals surface area contributed by atoms with Crippen LogP contribution in [0.2, 0.25) is 0 Å². The Bertz CT molecular complexity index is 1690. The molecule has 38 heavy (non-hydrogen) atoms. The Balaban J connectivity index is 1.96. The zero-order valence-electron chi connectivity index (χ0n) is 24.5. The van der Waals surface area contributed by atoms with Crippen molar-refractivity contribution in [3.8, 4) is 0 Å². The number of hydrogen-bond acceptors (Lipinski definition) is 1. The third kappa shape index (κ3) is 3.06. The summed E-state index contributed by atoms with van der Waals surface area (Å²) in [7, 11) is 0. The fourth-order valence-corrected chi connectivity index (χ4v) is 8.37. The average molecular weight is 515 g/mol. The molecular weight excluding hydrogens is 476 g/mol. The normalized spacial score (nSPS) is 15.5. The van der Waals surface area contributed by atoms with E-state index in [0.29, 0.717) is 0 Å². The molecule has 0 bridgehead atoms. The predicted molar refractivity (Wildman–Crippen MR) is 168 cm³/mol. The van der Waals surface area contributed by atoms with Gasteiger partial charge in [-0.1, -0.05) is 42.1 Å². The molecule has 6 rings (SSSR count). The number of allylic oxidation sites excluding steroid dienone is 3. The van der Waals surface area contributed by atoms with E-state index in [2.05, 4.69) is 117 Å². The summed E-state index contributed by atoms with van der Waals surface area (Å²) in [6, 6.07) is 13.8. The van der Waals surface area contributed by atoms with Gasteiger partial charge < -0.3 is 0 Å². The van der Waals surface area contributed by atoms with Crippen LogP contribution in [0.1, 0.15) is 86.2 Å². The molecule has 4 aromatic rings. The second kappa shape index (κ2) is 8.48. The predicted octanol–water partition coefficient (Wildman–Crippen LogP) is 10.5. The molecule has 0 unspecified atom stereocenters. The number of rotatable bonds is 0. The van der Waals surface area contributed by atoms with E-state index in [1.54, 1.807) is 0 Å². The SMILES string of the molecule is CC1=C(C)c2c(C)c(C)c(C)c(C)c2C2(C=CSc3cc4ccccc4cc32)c2c(C)c(C)c(C)c(C)c21. The summed E-state index contributed by atoms with van der Waals surface area (Å²) < 4.78 is 0. The van der Waals surface area contributed by atoms with E-state index < -0.39 is 0 Å². The first kappa shape index (κ1) is 25.3. The summed E-state index contributed by atoms with van der Waals surface area (Å²) >= 11 is 1.87. The molecule has 2 aliphatic rings. The zero-order valence-corrected chi connectivity index (χ0v) is 25.3. The lowest BCUT2D eigenvalue weighted by atomic mass is 9.62.